The first-order chi connectivity index (χ1) is 4.47. The van der Waals surface area contributed by atoms with E-state index in [0.717, 1.165) is 13.0 Å². The summed E-state index contributed by atoms with van der Waals surface area (Å²) in [7, 11) is 0. The molecule has 0 aliphatic carbocycles. The first kappa shape index (κ1) is 5.47. The molecule has 2 atom stereocenters. The summed E-state index contributed by atoms with van der Waals surface area (Å²) >= 11 is 1.82. The van der Waals surface area contributed by atoms with Crippen LogP contribution in [0, 0.1) is 0 Å². The predicted molar refractivity (Wildman–Crippen MR) is 41.3 cm³/mol. The van der Waals surface area contributed by atoms with Crippen LogP contribution in [0.25, 0.3) is 0 Å². The minimum atomic E-state index is 0.549. The van der Waals surface area contributed by atoms with Crippen LogP contribution in [-0.2, 0) is 0 Å². The van der Waals surface area contributed by atoms with Gasteiger partial charge in [0.2, 0.25) is 12.8 Å². The third-order valence-corrected chi connectivity index (χ3v) is 2.73. The summed E-state index contributed by atoms with van der Waals surface area (Å²) < 4.78 is 0. The molecule has 1 radical (unpaired) electrons. The fourth-order valence-corrected chi connectivity index (χ4v) is 2.03. The molecule has 0 aromatic heterocycles. The van der Waals surface area contributed by atoms with Crippen molar-refractivity contribution in [3.63, 3.8) is 0 Å². The van der Waals surface area contributed by atoms with Gasteiger partial charge in [0.15, 0.2) is 0 Å². The lowest BCUT2D eigenvalue weighted by atomic mass is 10.1. The Labute approximate surface area is 58.5 Å². The molecule has 0 aromatic carbocycles. The Morgan fingerprint density at radius 3 is 3.56 bits per heavy atom. The fraction of sp³-hybridized carbons (Fsp3) is 0.667. The monoisotopic (exact) mass is 140 g/mol. The third-order valence-electron chi connectivity index (χ3n) is 1.68. The maximum Gasteiger partial charge on any atom is 0.224 e. The highest BCUT2D eigenvalue weighted by molar-refractivity contribution is 8.13. The van der Waals surface area contributed by atoms with E-state index in [4.69, 9.17) is 0 Å². The van der Waals surface area contributed by atoms with E-state index in [1.165, 1.54) is 0 Å². The fourth-order valence-electron chi connectivity index (χ4n) is 1.12. The van der Waals surface area contributed by atoms with Crippen LogP contribution in [0.2, 0.25) is 0 Å². The Hall–Kier alpha value is -0.310. The number of rotatable bonds is 0. The number of thioether (sulfide) groups is 1. The molecule has 0 saturated heterocycles. The number of hydrogen-bond acceptors (Lipinski definition) is 3. The summed E-state index contributed by atoms with van der Waals surface area (Å²) in [6.45, 7) is 0.968. The summed E-state index contributed by atoms with van der Waals surface area (Å²) in [5.41, 5.74) is 1.96. The topological polar surface area (TPSA) is 26.5 Å². The highest BCUT2D eigenvalue weighted by Crippen LogP contribution is 2.24. The van der Waals surface area contributed by atoms with Crippen LogP contribution in [0.15, 0.2) is 4.99 Å². The molecule has 0 fully saturated rings. The van der Waals surface area contributed by atoms with Crippen LogP contribution in [0.1, 0.15) is 6.42 Å². The molecule has 0 amide bonds. The second-order valence-electron chi connectivity index (χ2n) is 2.28. The molecule has 3 heteroatoms. The molecule has 9 heavy (non-hydrogen) atoms. The Kier molecular flexibility index (Phi) is 1.30. The lowest BCUT2D eigenvalue weighted by molar-refractivity contribution is 0.636. The molecule has 2 rings (SSSR count). The van der Waals surface area contributed by atoms with Crippen molar-refractivity contribution in [3.05, 3.63) is 0 Å². The molecule has 0 N–H and O–H groups in total. The molecule has 2 heterocycles. The van der Waals surface area contributed by atoms with Crippen molar-refractivity contribution in [1.29, 1.82) is 0 Å². The van der Waals surface area contributed by atoms with Gasteiger partial charge in [-0.3, -0.25) is 4.99 Å². The van der Waals surface area contributed by atoms with Gasteiger partial charge in [0.25, 0.3) is 0 Å². The number of nitrogens with zero attached hydrogens (tertiary/aromatic N) is 2. The van der Waals surface area contributed by atoms with Gasteiger partial charge >= 0.3 is 0 Å². The van der Waals surface area contributed by atoms with Crippen molar-refractivity contribution < 1.29 is 0 Å². The maximum atomic E-state index is 4.30. The quantitative estimate of drug-likeness (QED) is 0.475. The van der Waals surface area contributed by atoms with E-state index < -0.39 is 0 Å². The van der Waals surface area contributed by atoms with Crippen molar-refractivity contribution in [2.24, 2.45) is 4.99 Å². The molecule has 0 saturated carbocycles. The summed E-state index contributed by atoms with van der Waals surface area (Å²) in [6, 6.07) is 0.549. The zero-order valence-electron chi connectivity index (χ0n) is 5.03. The van der Waals surface area contributed by atoms with E-state index in [-0.39, 0.29) is 0 Å². The summed E-state index contributed by atoms with van der Waals surface area (Å²) in [6.07, 6.45) is 3.04. The van der Waals surface area contributed by atoms with E-state index in [1.807, 2.05) is 23.5 Å². The molecule has 2 unspecified atom stereocenters. The van der Waals surface area contributed by atoms with Crippen LogP contribution < -0.4 is 4.99 Å². The Balaban J connectivity index is 2.13. The average Bonchev–Trinajstić information content (AvgIpc) is 2.33. The zero-order valence-corrected chi connectivity index (χ0v) is 5.84. The standard InChI is InChI=1S/C6H8N2S/c1-2-7-3-6-5(1)8-4-9-6/h2,4-6H,1,3H2/q+1. The molecule has 2 aliphatic rings. The lowest BCUT2D eigenvalue weighted by Gasteiger charge is -2.09. The van der Waals surface area contributed by atoms with E-state index >= 15 is 0 Å². The SMILES string of the molecule is C1=NC2CC=[N+]CC2S1. The second-order valence-corrected chi connectivity index (χ2v) is 3.37. The molecule has 0 aromatic rings. The van der Waals surface area contributed by atoms with Gasteiger partial charge in [-0.15, -0.1) is 11.8 Å². The van der Waals surface area contributed by atoms with Gasteiger partial charge in [0.1, 0.15) is 0 Å². The minimum absolute atomic E-state index is 0.549. The summed E-state index contributed by atoms with van der Waals surface area (Å²) in [5.74, 6) is 0. The van der Waals surface area contributed by atoms with Gasteiger partial charge in [-0.25, -0.2) is 0 Å². The lowest BCUT2D eigenvalue weighted by Crippen LogP contribution is -2.29. The highest BCUT2D eigenvalue weighted by atomic mass is 32.2. The number of fused-ring (bicyclic) bond motifs is 1. The van der Waals surface area contributed by atoms with Gasteiger partial charge in [-0.2, -0.15) is 0 Å². The summed E-state index contributed by atoms with van der Waals surface area (Å²) in [5, 5.41) is 0.662. The first-order valence-electron chi connectivity index (χ1n) is 3.12. The largest absolute Gasteiger partial charge is 0.281 e. The smallest absolute Gasteiger partial charge is 0.224 e. The van der Waals surface area contributed by atoms with Crippen molar-refractivity contribution in [2.45, 2.75) is 17.7 Å². The van der Waals surface area contributed by atoms with Gasteiger partial charge in [0, 0.05) is 4.99 Å². The molecule has 0 spiro atoms. The van der Waals surface area contributed by atoms with Crippen LogP contribution in [-0.4, -0.2) is 29.6 Å². The van der Waals surface area contributed by atoms with Crippen LogP contribution in [0.5, 0.6) is 0 Å². The summed E-state index contributed by atoms with van der Waals surface area (Å²) in [4.78, 5) is 8.50. The highest BCUT2D eigenvalue weighted by Gasteiger charge is 2.31. The maximum absolute atomic E-state index is 4.30. The van der Waals surface area contributed by atoms with Gasteiger partial charge in [-0.1, -0.05) is 0 Å². The van der Waals surface area contributed by atoms with Crippen LogP contribution >= 0.6 is 11.8 Å². The number of aliphatic imine (C=N–C) groups is 2. The normalized spacial score (nSPS) is 39.1. The van der Waals surface area contributed by atoms with Crippen molar-refractivity contribution in [3.8, 4) is 0 Å². The van der Waals surface area contributed by atoms with Crippen molar-refractivity contribution in [2.75, 3.05) is 6.54 Å². The Bertz CT molecular complexity index is 164. The Morgan fingerprint density at radius 1 is 1.67 bits per heavy atom. The second kappa shape index (κ2) is 2.14. The molecular weight excluding hydrogens is 132 g/mol. The molecule has 47 valence electrons. The number of hydrogen-bond donors (Lipinski definition) is 0. The molecule has 2 aliphatic heterocycles. The van der Waals surface area contributed by atoms with Crippen molar-refractivity contribution >= 4 is 23.5 Å². The van der Waals surface area contributed by atoms with E-state index in [0.29, 0.717) is 11.3 Å². The molecule has 0 bridgehead atoms. The predicted octanol–water partition coefficient (Wildman–Crippen LogP) is 0.309. The first-order valence-corrected chi connectivity index (χ1v) is 4.06. The van der Waals surface area contributed by atoms with E-state index in [1.54, 1.807) is 0 Å². The van der Waals surface area contributed by atoms with Gasteiger partial charge in [-0.05, 0) is 0 Å². The average molecular weight is 140 g/mol. The van der Waals surface area contributed by atoms with Crippen LogP contribution in [0.4, 0.5) is 0 Å². The molecular formula is C6H8N2S+. The van der Waals surface area contributed by atoms with Crippen molar-refractivity contribution in [1.82, 2.24) is 4.99 Å². The molecule has 2 nitrogen and oxygen atoms in total. The zero-order chi connectivity index (χ0) is 6.10. The third kappa shape index (κ3) is 0.894. The van der Waals surface area contributed by atoms with Gasteiger partial charge < -0.3 is 0 Å². The van der Waals surface area contributed by atoms with E-state index in [9.17, 15) is 0 Å². The van der Waals surface area contributed by atoms with Gasteiger partial charge in [0.05, 0.1) is 23.3 Å². The Morgan fingerprint density at radius 2 is 2.67 bits per heavy atom. The minimum Gasteiger partial charge on any atom is -0.281 e. The van der Waals surface area contributed by atoms with E-state index in [2.05, 4.69) is 9.98 Å². The van der Waals surface area contributed by atoms with Crippen LogP contribution in [0.3, 0.4) is 0 Å².